The first-order chi connectivity index (χ1) is 11.0. The standard InChI is InChI=1S/C15H21N5O3/c1-18-7-9-19(10-8-18)6-5-15(21)17-16-12-13-3-2-4-14(11-13)20(22)23/h2-4,11-12H,5-10H2,1H3,(H,17,21)/b16-12-. The molecule has 0 unspecified atom stereocenters. The average Bonchev–Trinajstić information content (AvgIpc) is 2.54. The van der Waals surface area contributed by atoms with Crippen molar-refractivity contribution in [1.29, 1.82) is 0 Å². The molecule has 124 valence electrons. The van der Waals surface area contributed by atoms with Crippen LogP contribution in [-0.2, 0) is 4.79 Å². The highest BCUT2D eigenvalue weighted by Crippen LogP contribution is 2.11. The van der Waals surface area contributed by atoms with E-state index in [0.29, 0.717) is 18.5 Å². The Morgan fingerprint density at radius 1 is 1.39 bits per heavy atom. The topological polar surface area (TPSA) is 91.1 Å². The summed E-state index contributed by atoms with van der Waals surface area (Å²) in [6.07, 6.45) is 1.79. The van der Waals surface area contributed by atoms with Crippen LogP contribution in [0.3, 0.4) is 0 Å². The van der Waals surface area contributed by atoms with Crippen LogP contribution in [0.25, 0.3) is 0 Å². The molecule has 1 saturated heterocycles. The minimum absolute atomic E-state index is 0.00431. The Bertz CT molecular complexity index is 582. The zero-order valence-corrected chi connectivity index (χ0v) is 13.1. The molecule has 1 heterocycles. The van der Waals surface area contributed by atoms with Crippen molar-refractivity contribution < 1.29 is 9.72 Å². The van der Waals surface area contributed by atoms with Gasteiger partial charge < -0.3 is 9.80 Å². The molecule has 1 N–H and O–H groups in total. The van der Waals surface area contributed by atoms with Gasteiger partial charge in [0.15, 0.2) is 0 Å². The van der Waals surface area contributed by atoms with Crippen molar-refractivity contribution in [2.24, 2.45) is 5.10 Å². The second kappa shape index (κ2) is 8.35. The lowest BCUT2D eigenvalue weighted by Gasteiger charge is -2.32. The number of hydrogen-bond acceptors (Lipinski definition) is 6. The number of nitrogens with zero attached hydrogens (tertiary/aromatic N) is 4. The van der Waals surface area contributed by atoms with Crippen LogP contribution in [0.5, 0.6) is 0 Å². The molecule has 0 saturated carbocycles. The van der Waals surface area contributed by atoms with Crippen LogP contribution in [0.4, 0.5) is 5.69 Å². The predicted octanol–water partition coefficient (Wildman–Crippen LogP) is 0.682. The molecule has 0 aliphatic carbocycles. The van der Waals surface area contributed by atoms with Gasteiger partial charge in [-0.25, -0.2) is 5.43 Å². The molecule has 0 aromatic heterocycles. The Morgan fingerprint density at radius 2 is 2.13 bits per heavy atom. The maximum absolute atomic E-state index is 11.7. The lowest BCUT2D eigenvalue weighted by Crippen LogP contribution is -2.45. The summed E-state index contributed by atoms with van der Waals surface area (Å²) >= 11 is 0. The maximum Gasteiger partial charge on any atom is 0.270 e. The normalized spacial score (nSPS) is 16.6. The lowest BCUT2D eigenvalue weighted by atomic mass is 10.2. The third-order valence-corrected chi connectivity index (χ3v) is 3.73. The van der Waals surface area contributed by atoms with E-state index in [2.05, 4.69) is 27.4 Å². The first kappa shape index (κ1) is 17.0. The molecule has 1 aliphatic heterocycles. The number of carbonyl (C=O) groups is 1. The summed E-state index contributed by atoms with van der Waals surface area (Å²) in [5, 5.41) is 14.5. The van der Waals surface area contributed by atoms with E-state index in [4.69, 9.17) is 0 Å². The van der Waals surface area contributed by atoms with Crippen molar-refractivity contribution in [3.63, 3.8) is 0 Å². The van der Waals surface area contributed by atoms with Crippen LogP contribution < -0.4 is 5.43 Å². The second-order valence-corrected chi connectivity index (χ2v) is 5.54. The number of benzene rings is 1. The molecule has 1 aliphatic rings. The fourth-order valence-electron chi connectivity index (χ4n) is 2.28. The molecule has 8 heteroatoms. The van der Waals surface area contributed by atoms with Crippen molar-refractivity contribution >= 4 is 17.8 Å². The van der Waals surface area contributed by atoms with Gasteiger partial charge in [-0.1, -0.05) is 12.1 Å². The van der Waals surface area contributed by atoms with E-state index in [1.165, 1.54) is 18.3 Å². The summed E-state index contributed by atoms with van der Waals surface area (Å²) in [6, 6.07) is 6.08. The first-order valence-corrected chi connectivity index (χ1v) is 7.52. The highest BCUT2D eigenvalue weighted by molar-refractivity contribution is 5.83. The number of amides is 1. The Morgan fingerprint density at radius 3 is 2.83 bits per heavy atom. The highest BCUT2D eigenvalue weighted by atomic mass is 16.6. The smallest absolute Gasteiger partial charge is 0.270 e. The van der Waals surface area contributed by atoms with Crippen molar-refractivity contribution in [1.82, 2.24) is 15.2 Å². The molecule has 8 nitrogen and oxygen atoms in total. The third kappa shape index (κ3) is 5.76. The Balaban J connectivity index is 1.73. The summed E-state index contributed by atoms with van der Waals surface area (Å²) in [5.74, 6) is -0.161. The second-order valence-electron chi connectivity index (χ2n) is 5.54. The molecule has 1 fully saturated rings. The van der Waals surface area contributed by atoms with Gasteiger partial charge in [-0.2, -0.15) is 5.10 Å². The number of nitro benzene ring substituents is 1. The van der Waals surface area contributed by atoms with E-state index in [9.17, 15) is 14.9 Å². The number of nitrogens with one attached hydrogen (secondary N) is 1. The SMILES string of the molecule is CN1CCN(CCC(=O)N/N=C\c2cccc([N+](=O)[O-])c2)CC1. The van der Waals surface area contributed by atoms with Crippen molar-refractivity contribution in [3.05, 3.63) is 39.9 Å². The monoisotopic (exact) mass is 319 g/mol. The van der Waals surface area contributed by atoms with Gasteiger partial charge in [0.2, 0.25) is 5.91 Å². The van der Waals surface area contributed by atoms with Crippen LogP contribution in [0.1, 0.15) is 12.0 Å². The number of non-ortho nitro benzene ring substituents is 1. The lowest BCUT2D eigenvalue weighted by molar-refractivity contribution is -0.384. The van der Waals surface area contributed by atoms with Crippen molar-refractivity contribution in [3.8, 4) is 0 Å². The van der Waals surface area contributed by atoms with Gasteiger partial charge in [0.1, 0.15) is 0 Å². The zero-order valence-electron chi connectivity index (χ0n) is 13.1. The van der Waals surface area contributed by atoms with Crippen molar-refractivity contribution in [2.75, 3.05) is 39.8 Å². The summed E-state index contributed by atoms with van der Waals surface area (Å²) in [7, 11) is 2.09. The van der Waals surface area contributed by atoms with Gasteiger partial charge in [-0.05, 0) is 7.05 Å². The minimum atomic E-state index is -0.466. The van der Waals surface area contributed by atoms with Gasteiger partial charge in [-0.3, -0.25) is 14.9 Å². The molecule has 0 spiro atoms. The number of carbonyl (C=O) groups excluding carboxylic acids is 1. The zero-order chi connectivity index (χ0) is 16.7. The fourth-order valence-corrected chi connectivity index (χ4v) is 2.28. The molecule has 23 heavy (non-hydrogen) atoms. The molecular formula is C15H21N5O3. The molecule has 0 bridgehead atoms. The minimum Gasteiger partial charge on any atom is -0.304 e. The number of hydrogen-bond donors (Lipinski definition) is 1. The molecule has 1 amide bonds. The number of nitro groups is 1. The largest absolute Gasteiger partial charge is 0.304 e. The van der Waals surface area contributed by atoms with E-state index < -0.39 is 4.92 Å². The molecule has 1 aromatic carbocycles. The maximum atomic E-state index is 11.7. The Kier molecular flexibility index (Phi) is 6.19. The molecule has 1 aromatic rings. The number of likely N-dealkylation sites (N-methyl/N-ethyl adjacent to an activating group) is 1. The summed E-state index contributed by atoms with van der Waals surface area (Å²) < 4.78 is 0. The van der Waals surface area contributed by atoms with Gasteiger partial charge in [0.05, 0.1) is 11.1 Å². The van der Waals surface area contributed by atoms with Crippen LogP contribution in [-0.4, -0.2) is 66.6 Å². The van der Waals surface area contributed by atoms with E-state index in [-0.39, 0.29) is 11.6 Å². The van der Waals surface area contributed by atoms with Gasteiger partial charge in [-0.15, -0.1) is 0 Å². The first-order valence-electron chi connectivity index (χ1n) is 7.52. The number of piperazine rings is 1. The quantitative estimate of drug-likeness (QED) is 0.473. The number of hydrazone groups is 1. The van der Waals surface area contributed by atoms with Gasteiger partial charge in [0.25, 0.3) is 5.69 Å². The summed E-state index contributed by atoms with van der Waals surface area (Å²) in [4.78, 5) is 26.5. The summed E-state index contributed by atoms with van der Waals surface area (Å²) in [6.45, 7) is 4.70. The predicted molar refractivity (Wildman–Crippen MR) is 87.4 cm³/mol. The van der Waals surface area contributed by atoms with E-state index >= 15 is 0 Å². The van der Waals surface area contributed by atoms with Crippen LogP contribution in [0, 0.1) is 10.1 Å². The van der Waals surface area contributed by atoms with E-state index in [1.54, 1.807) is 12.1 Å². The highest BCUT2D eigenvalue weighted by Gasteiger charge is 2.14. The van der Waals surface area contributed by atoms with Gasteiger partial charge in [0, 0.05) is 56.8 Å². The molecule has 0 atom stereocenters. The molecule has 2 rings (SSSR count). The fraction of sp³-hybridized carbons (Fsp3) is 0.467. The van der Waals surface area contributed by atoms with Crippen molar-refractivity contribution in [2.45, 2.75) is 6.42 Å². The Hall–Kier alpha value is -2.32. The third-order valence-electron chi connectivity index (χ3n) is 3.73. The van der Waals surface area contributed by atoms with Gasteiger partial charge >= 0.3 is 0 Å². The van der Waals surface area contributed by atoms with Crippen LogP contribution in [0.2, 0.25) is 0 Å². The molecule has 0 radical (unpaired) electrons. The Labute approximate surface area is 134 Å². The van der Waals surface area contributed by atoms with E-state index in [0.717, 1.165) is 26.2 Å². The van der Waals surface area contributed by atoms with Crippen LogP contribution >= 0.6 is 0 Å². The number of rotatable bonds is 6. The van der Waals surface area contributed by atoms with E-state index in [1.807, 2.05) is 0 Å². The molecular weight excluding hydrogens is 298 g/mol. The average molecular weight is 319 g/mol. The summed E-state index contributed by atoms with van der Waals surface area (Å²) in [5.41, 5.74) is 3.02. The van der Waals surface area contributed by atoms with Crippen LogP contribution in [0.15, 0.2) is 29.4 Å².